The molecule has 2 aromatic rings. The number of hydrogen-bond donors (Lipinski definition) is 0. The van der Waals surface area contributed by atoms with Crippen molar-refractivity contribution in [3.63, 3.8) is 0 Å². The Morgan fingerprint density at radius 2 is 2.05 bits per heavy atom. The second-order valence-electron chi connectivity index (χ2n) is 5.17. The molecule has 0 N–H and O–H groups in total. The van der Waals surface area contributed by atoms with E-state index < -0.39 is 6.43 Å². The lowest BCUT2D eigenvalue weighted by atomic mass is 10.1. The summed E-state index contributed by atoms with van der Waals surface area (Å²) in [7, 11) is 0. The lowest BCUT2D eigenvalue weighted by Gasteiger charge is -2.29. The molecule has 1 atom stereocenters. The molecule has 3 rings (SSSR count). The number of benzene rings is 1. The first-order valence-electron chi connectivity index (χ1n) is 7.06. The number of nitrogens with zero attached hydrogens (tertiary/aromatic N) is 3. The van der Waals surface area contributed by atoms with E-state index in [4.69, 9.17) is 0 Å². The van der Waals surface area contributed by atoms with Gasteiger partial charge in [-0.05, 0) is 31.2 Å². The number of thioether (sulfide) groups is 1. The molecule has 2 heterocycles. The SMILES string of the molecule is CC1CCSCCN1c1nc(C(F)F)nc2ccccc12. The number of rotatable bonds is 2. The van der Waals surface area contributed by atoms with Crippen LogP contribution in [-0.2, 0) is 0 Å². The summed E-state index contributed by atoms with van der Waals surface area (Å²) in [6.45, 7) is 2.96. The van der Waals surface area contributed by atoms with Crippen LogP contribution in [0.25, 0.3) is 10.9 Å². The number of hydrogen-bond acceptors (Lipinski definition) is 4. The van der Waals surface area contributed by atoms with Crippen molar-refractivity contribution >= 4 is 28.5 Å². The number of alkyl halides is 2. The number of fused-ring (bicyclic) bond motifs is 1. The molecule has 1 aliphatic heterocycles. The minimum Gasteiger partial charge on any atom is -0.352 e. The van der Waals surface area contributed by atoms with Crippen molar-refractivity contribution < 1.29 is 8.78 Å². The normalized spacial score (nSPS) is 20.0. The average molecular weight is 309 g/mol. The van der Waals surface area contributed by atoms with Crippen LogP contribution >= 0.6 is 11.8 Å². The van der Waals surface area contributed by atoms with Gasteiger partial charge in [0, 0.05) is 23.7 Å². The van der Waals surface area contributed by atoms with Gasteiger partial charge >= 0.3 is 0 Å². The van der Waals surface area contributed by atoms with Crippen LogP contribution in [0.15, 0.2) is 24.3 Å². The Bertz CT molecular complexity index is 635. The highest BCUT2D eigenvalue weighted by molar-refractivity contribution is 7.99. The maximum atomic E-state index is 13.1. The van der Waals surface area contributed by atoms with Gasteiger partial charge in [-0.25, -0.2) is 18.7 Å². The molecule has 0 radical (unpaired) electrons. The standard InChI is InChI=1S/C15H17F2N3S/c1-10-6-8-21-9-7-20(10)15-11-4-2-3-5-12(11)18-14(19-15)13(16)17/h2-5,10,13H,6-9H2,1H3. The molecule has 1 fully saturated rings. The Balaban J connectivity index is 2.14. The van der Waals surface area contributed by atoms with Crippen molar-refractivity contribution in [1.82, 2.24) is 9.97 Å². The van der Waals surface area contributed by atoms with Gasteiger partial charge in [0.1, 0.15) is 5.82 Å². The third-order valence-electron chi connectivity index (χ3n) is 3.76. The van der Waals surface area contributed by atoms with E-state index in [1.807, 2.05) is 30.0 Å². The molecule has 1 unspecified atom stereocenters. The molecule has 3 nitrogen and oxygen atoms in total. The van der Waals surface area contributed by atoms with E-state index in [2.05, 4.69) is 21.8 Å². The largest absolute Gasteiger partial charge is 0.352 e. The summed E-state index contributed by atoms with van der Waals surface area (Å²) in [5.74, 6) is 2.36. The molecule has 0 aliphatic carbocycles. The van der Waals surface area contributed by atoms with Gasteiger partial charge in [0.05, 0.1) is 5.52 Å². The van der Waals surface area contributed by atoms with E-state index in [-0.39, 0.29) is 5.82 Å². The topological polar surface area (TPSA) is 29.0 Å². The zero-order valence-corrected chi connectivity index (χ0v) is 12.6. The Morgan fingerprint density at radius 1 is 1.24 bits per heavy atom. The van der Waals surface area contributed by atoms with Crippen molar-refractivity contribution in [2.24, 2.45) is 0 Å². The highest BCUT2D eigenvalue weighted by Crippen LogP contribution is 2.30. The number of halogens is 2. The van der Waals surface area contributed by atoms with Crippen LogP contribution in [0.4, 0.5) is 14.6 Å². The second kappa shape index (κ2) is 6.13. The predicted octanol–water partition coefficient (Wildman–Crippen LogP) is 3.90. The number of anilines is 1. The van der Waals surface area contributed by atoms with Crippen LogP contribution < -0.4 is 4.90 Å². The number of para-hydroxylation sites is 1. The maximum Gasteiger partial charge on any atom is 0.297 e. The van der Waals surface area contributed by atoms with Gasteiger partial charge in [-0.1, -0.05) is 12.1 Å². The van der Waals surface area contributed by atoms with E-state index in [0.29, 0.717) is 17.4 Å². The van der Waals surface area contributed by atoms with Gasteiger partial charge in [-0.15, -0.1) is 0 Å². The molecule has 1 saturated heterocycles. The van der Waals surface area contributed by atoms with Crippen LogP contribution in [0, 0.1) is 0 Å². The summed E-state index contributed by atoms with van der Waals surface area (Å²) < 4.78 is 26.1. The van der Waals surface area contributed by atoms with Gasteiger partial charge < -0.3 is 4.90 Å². The summed E-state index contributed by atoms with van der Waals surface area (Å²) >= 11 is 1.90. The Morgan fingerprint density at radius 3 is 2.86 bits per heavy atom. The monoisotopic (exact) mass is 309 g/mol. The molecule has 1 aliphatic rings. The zero-order chi connectivity index (χ0) is 14.8. The van der Waals surface area contributed by atoms with Crippen molar-refractivity contribution in [3.05, 3.63) is 30.1 Å². The van der Waals surface area contributed by atoms with E-state index in [0.717, 1.165) is 29.9 Å². The number of aromatic nitrogens is 2. The fourth-order valence-corrected chi connectivity index (χ4v) is 3.64. The predicted molar refractivity (Wildman–Crippen MR) is 83.2 cm³/mol. The first kappa shape index (κ1) is 14.5. The first-order valence-corrected chi connectivity index (χ1v) is 8.21. The molecular weight excluding hydrogens is 292 g/mol. The van der Waals surface area contributed by atoms with Gasteiger partial charge in [0.2, 0.25) is 0 Å². The van der Waals surface area contributed by atoms with E-state index in [1.165, 1.54) is 0 Å². The Kier molecular flexibility index (Phi) is 4.24. The van der Waals surface area contributed by atoms with Crippen molar-refractivity contribution in [2.75, 3.05) is 23.0 Å². The fourth-order valence-electron chi connectivity index (χ4n) is 2.60. The lowest BCUT2D eigenvalue weighted by Crippen LogP contribution is -2.34. The molecule has 0 bridgehead atoms. The minimum absolute atomic E-state index is 0.295. The quantitative estimate of drug-likeness (QED) is 0.841. The van der Waals surface area contributed by atoms with E-state index >= 15 is 0 Å². The molecule has 0 spiro atoms. The van der Waals surface area contributed by atoms with Crippen molar-refractivity contribution in [3.8, 4) is 0 Å². The van der Waals surface area contributed by atoms with Crippen LogP contribution in [0.3, 0.4) is 0 Å². The first-order chi connectivity index (χ1) is 10.2. The molecule has 1 aromatic carbocycles. The van der Waals surface area contributed by atoms with Gasteiger partial charge in [-0.3, -0.25) is 0 Å². The lowest BCUT2D eigenvalue weighted by molar-refractivity contribution is 0.141. The second-order valence-corrected chi connectivity index (χ2v) is 6.39. The highest BCUT2D eigenvalue weighted by Gasteiger charge is 2.23. The van der Waals surface area contributed by atoms with Crippen molar-refractivity contribution in [1.29, 1.82) is 0 Å². The zero-order valence-electron chi connectivity index (χ0n) is 11.8. The fraction of sp³-hybridized carbons (Fsp3) is 0.467. The molecule has 0 amide bonds. The van der Waals surface area contributed by atoms with Crippen molar-refractivity contribution in [2.45, 2.75) is 25.8 Å². The summed E-state index contributed by atoms with van der Waals surface area (Å²) in [6, 6.07) is 7.68. The highest BCUT2D eigenvalue weighted by atomic mass is 32.2. The minimum atomic E-state index is -2.65. The van der Waals surface area contributed by atoms with Crippen LogP contribution in [-0.4, -0.2) is 34.1 Å². The van der Waals surface area contributed by atoms with Gasteiger partial charge in [0.15, 0.2) is 5.82 Å². The Hall–Kier alpha value is -1.43. The molecule has 6 heteroatoms. The van der Waals surface area contributed by atoms with E-state index in [9.17, 15) is 8.78 Å². The molecule has 1 aromatic heterocycles. The third kappa shape index (κ3) is 2.95. The summed E-state index contributed by atoms with van der Waals surface area (Å²) in [5, 5.41) is 0.848. The van der Waals surface area contributed by atoms with E-state index in [1.54, 1.807) is 6.07 Å². The summed E-state index contributed by atoms with van der Waals surface area (Å²) in [5.41, 5.74) is 0.585. The Labute approximate surface area is 126 Å². The third-order valence-corrected chi connectivity index (χ3v) is 4.75. The molecular formula is C15H17F2N3S. The molecule has 21 heavy (non-hydrogen) atoms. The van der Waals surface area contributed by atoms with Crippen LogP contribution in [0.5, 0.6) is 0 Å². The average Bonchev–Trinajstić information content (AvgIpc) is 2.70. The molecule has 0 saturated carbocycles. The summed E-state index contributed by atoms with van der Waals surface area (Å²) in [6.07, 6.45) is -1.61. The smallest absolute Gasteiger partial charge is 0.297 e. The van der Waals surface area contributed by atoms with Gasteiger partial charge in [0.25, 0.3) is 6.43 Å². The van der Waals surface area contributed by atoms with Crippen LogP contribution in [0.2, 0.25) is 0 Å². The summed E-state index contributed by atoms with van der Waals surface area (Å²) in [4.78, 5) is 10.3. The van der Waals surface area contributed by atoms with Crippen LogP contribution in [0.1, 0.15) is 25.6 Å². The van der Waals surface area contributed by atoms with Gasteiger partial charge in [-0.2, -0.15) is 11.8 Å². The molecule has 112 valence electrons. The maximum absolute atomic E-state index is 13.1.